The molecular weight excluding hydrogens is 512 g/mol. The maximum Gasteiger partial charge on any atom is 0.336 e. The lowest BCUT2D eigenvalue weighted by atomic mass is 9.61. The standard InChI is InChI=1S/C30H32N4O6/c1-20-26(28(36)39-3)27(24-6-4-5-14-32-24)30(29(37)38,21(2)33-20)13-17-40-25(35)12-11-22-7-9-23(10-8-22)18-34-16-15-31-19-34/h4-12,14-16,19,21,27,33H,13,17-18H2,1-3H3,(H,37,38). The molecule has 0 saturated heterocycles. The first kappa shape index (κ1) is 28.3. The van der Waals surface area contributed by atoms with Gasteiger partial charge in [0.1, 0.15) is 5.41 Å². The molecule has 10 heteroatoms. The fourth-order valence-corrected chi connectivity index (χ4v) is 5.23. The van der Waals surface area contributed by atoms with Gasteiger partial charge in [-0.05, 0) is 43.2 Å². The number of pyridine rings is 1. The van der Waals surface area contributed by atoms with E-state index in [0.717, 1.165) is 11.1 Å². The Morgan fingerprint density at radius 1 is 1.15 bits per heavy atom. The van der Waals surface area contributed by atoms with E-state index in [9.17, 15) is 19.5 Å². The summed E-state index contributed by atoms with van der Waals surface area (Å²) in [5, 5.41) is 13.7. The largest absolute Gasteiger partial charge is 0.481 e. The zero-order chi connectivity index (χ0) is 28.7. The number of nitrogens with one attached hydrogen (secondary N) is 1. The van der Waals surface area contributed by atoms with Crippen LogP contribution in [0.5, 0.6) is 0 Å². The molecule has 2 N–H and O–H groups in total. The second-order valence-corrected chi connectivity index (χ2v) is 9.66. The molecule has 40 heavy (non-hydrogen) atoms. The third kappa shape index (κ3) is 5.96. The summed E-state index contributed by atoms with van der Waals surface area (Å²) in [5.74, 6) is -3.31. The third-order valence-electron chi connectivity index (χ3n) is 7.28. The third-order valence-corrected chi connectivity index (χ3v) is 7.28. The van der Waals surface area contributed by atoms with Crippen LogP contribution < -0.4 is 5.32 Å². The minimum absolute atomic E-state index is 0.0615. The van der Waals surface area contributed by atoms with Crippen molar-refractivity contribution in [1.82, 2.24) is 19.9 Å². The molecule has 10 nitrogen and oxygen atoms in total. The number of aliphatic carboxylic acids is 1. The molecule has 3 aromatic rings. The minimum Gasteiger partial charge on any atom is -0.481 e. The van der Waals surface area contributed by atoms with Gasteiger partial charge in [0, 0.05) is 55.1 Å². The van der Waals surface area contributed by atoms with Crippen molar-refractivity contribution in [2.24, 2.45) is 5.41 Å². The molecule has 1 aliphatic rings. The van der Waals surface area contributed by atoms with Gasteiger partial charge in [-0.15, -0.1) is 0 Å². The van der Waals surface area contributed by atoms with Crippen LogP contribution in [-0.4, -0.2) is 57.3 Å². The van der Waals surface area contributed by atoms with E-state index < -0.39 is 35.3 Å². The molecule has 3 atom stereocenters. The first-order valence-corrected chi connectivity index (χ1v) is 12.9. The maximum atomic E-state index is 12.9. The van der Waals surface area contributed by atoms with Gasteiger partial charge in [-0.25, -0.2) is 14.6 Å². The van der Waals surface area contributed by atoms with E-state index in [1.807, 2.05) is 35.0 Å². The van der Waals surface area contributed by atoms with Crippen molar-refractivity contribution in [3.63, 3.8) is 0 Å². The molecule has 4 rings (SSSR count). The van der Waals surface area contributed by atoms with Crippen LogP contribution in [0.15, 0.2) is 84.7 Å². The highest BCUT2D eigenvalue weighted by Crippen LogP contribution is 2.50. The molecule has 3 unspecified atom stereocenters. The van der Waals surface area contributed by atoms with Crippen molar-refractivity contribution in [2.75, 3.05) is 13.7 Å². The topological polar surface area (TPSA) is 133 Å². The van der Waals surface area contributed by atoms with E-state index in [0.29, 0.717) is 17.9 Å². The summed E-state index contributed by atoms with van der Waals surface area (Å²) < 4.78 is 12.4. The van der Waals surface area contributed by atoms with Crippen molar-refractivity contribution in [3.05, 3.63) is 102 Å². The van der Waals surface area contributed by atoms with Gasteiger partial charge in [-0.2, -0.15) is 0 Å². The van der Waals surface area contributed by atoms with Gasteiger partial charge in [0.15, 0.2) is 0 Å². The van der Waals surface area contributed by atoms with Gasteiger partial charge in [0.25, 0.3) is 0 Å². The lowest BCUT2D eigenvalue weighted by molar-refractivity contribution is -0.156. The zero-order valence-corrected chi connectivity index (χ0v) is 22.6. The van der Waals surface area contributed by atoms with Crippen LogP contribution in [0.3, 0.4) is 0 Å². The van der Waals surface area contributed by atoms with Crippen LogP contribution in [0.4, 0.5) is 0 Å². The lowest BCUT2D eigenvalue weighted by Crippen LogP contribution is -2.57. The first-order chi connectivity index (χ1) is 19.3. The van der Waals surface area contributed by atoms with E-state index in [2.05, 4.69) is 15.3 Å². The number of carboxylic acid groups (broad SMARTS) is 1. The van der Waals surface area contributed by atoms with Crippen molar-refractivity contribution >= 4 is 24.0 Å². The predicted molar refractivity (Wildman–Crippen MR) is 147 cm³/mol. The Hall–Kier alpha value is -4.73. The Labute approximate surface area is 232 Å². The number of hydrogen-bond acceptors (Lipinski definition) is 8. The van der Waals surface area contributed by atoms with E-state index in [1.54, 1.807) is 56.8 Å². The number of benzene rings is 1. The molecule has 3 heterocycles. The number of aromatic nitrogens is 3. The van der Waals surface area contributed by atoms with Crippen LogP contribution >= 0.6 is 0 Å². The number of ether oxygens (including phenoxy) is 2. The maximum absolute atomic E-state index is 12.9. The normalized spacial score (nSPS) is 20.7. The summed E-state index contributed by atoms with van der Waals surface area (Å²) in [6.07, 6.45) is 9.78. The summed E-state index contributed by atoms with van der Waals surface area (Å²) in [7, 11) is 1.25. The number of imidazole rings is 1. The van der Waals surface area contributed by atoms with E-state index >= 15 is 0 Å². The monoisotopic (exact) mass is 544 g/mol. The van der Waals surface area contributed by atoms with Gasteiger partial charge >= 0.3 is 17.9 Å². The van der Waals surface area contributed by atoms with E-state index in [1.165, 1.54) is 13.2 Å². The second kappa shape index (κ2) is 12.4. The highest BCUT2D eigenvalue weighted by atomic mass is 16.5. The van der Waals surface area contributed by atoms with Gasteiger partial charge in [-0.3, -0.25) is 9.78 Å². The Balaban J connectivity index is 1.49. The molecule has 1 aliphatic heterocycles. The molecule has 0 bridgehead atoms. The van der Waals surface area contributed by atoms with Crippen LogP contribution in [0.25, 0.3) is 6.08 Å². The number of carboxylic acids is 1. The number of allylic oxidation sites excluding steroid dienone is 1. The molecule has 1 aromatic carbocycles. The first-order valence-electron chi connectivity index (χ1n) is 12.9. The van der Waals surface area contributed by atoms with Crippen LogP contribution in [0.2, 0.25) is 0 Å². The van der Waals surface area contributed by atoms with Gasteiger partial charge in [-0.1, -0.05) is 30.3 Å². The number of methoxy groups -OCH3 is 1. The molecule has 0 fully saturated rings. The summed E-state index contributed by atoms with van der Waals surface area (Å²) in [4.78, 5) is 46.7. The summed E-state index contributed by atoms with van der Waals surface area (Å²) >= 11 is 0. The summed E-state index contributed by atoms with van der Waals surface area (Å²) in [6.45, 7) is 3.96. The quantitative estimate of drug-likeness (QED) is 0.290. The van der Waals surface area contributed by atoms with Crippen molar-refractivity contribution < 1.29 is 29.0 Å². The molecule has 208 valence electrons. The molecule has 0 aliphatic carbocycles. The highest BCUT2D eigenvalue weighted by molar-refractivity contribution is 5.94. The van der Waals surface area contributed by atoms with Crippen molar-refractivity contribution in [3.8, 4) is 0 Å². The lowest BCUT2D eigenvalue weighted by Gasteiger charge is -2.46. The molecular formula is C30H32N4O6. The zero-order valence-electron chi connectivity index (χ0n) is 22.6. The minimum atomic E-state index is -1.55. The highest BCUT2D eigenvalue weighted by Gasteiger charge is 2.57. The average Bonchev–Trinajstić information content (AvgIpc) is 3.46. The number of hydrogen-bond donors (Lipinski definition) is 2. The van der Waals surface area contributed by atoms with E-state index in [-0.39, 0.29) is 18.6 Å². The number of rotatable bonds is 10. The Bertz CT molecular complexity index is 1400. The summed E-state index contributed by atoms with van der Waals surface area (Å²) in [6, 6.07) is 12.2. The molecule has 2 aromatic heterocycles. The number of nitrogens with zero attached hydrogens (tertiary/aromatic N) is 3. The fraction of sp³-hybridized carbons (Fsp3) is 0.300. The Morgan fingerprint density at radius 2 is 1.93 bits per heavy atom. The van der Waals surface area contributed by atoms with Crippen molar-refractivity contribution in [1.29, 1.82) is 0 Å². The molecule has 0 spiro atoms. The van der Waals surface area contributed by atoms with Crippen LogP contribution in [-0.2, 0) is 30.4 Å². The van der Waals surface area contributed by atoms with Crippen molar-refractivity contribution in [2.45, 2.75) is 38.8 Å². The molecule has 0 saturated carbocycles. The van der Waals surface area contributed by atoms with Gasteiger partial charge in [0.2, 0.25) is 0 Å². The van der Waals surface area contributed by atoms with E-state index in [4.69, 9.17) is 9.47 Å². The molecule has 0 amide bonds. The average molecular weight is 545 g/mol. The Kier molecular flexibility index (Phi) is 8.78. The molecule has 0 radical (unpaired) electrons. The summed E-state index contributed by atoms with van der Waals surface area (Å²) in [5.41, 5.74) is 1.47. The number of esters is 2. The smallest absolute Gasteiger partial charge is 0.336 e. The predicted octanol–water partition coefficient (Wildman–Crippen LogP) is 3.57. The van der Waals surface area contributed by atoms with Crippen LogP contribution in [0.1, 0.15) is 43.0 Å². The SMILES string of the molecule is COC(=O)C1=C(C)NC(C)C(CCOC(=O)C=Cc2ccc(Cn3ccnc3)cc2)(C(=O)O)C1c1ccccn1. The second-order valence-electron chi connectivity index (χ2n) is 9.66. The van der Waals surface area contributed by atoms with Crippen LogP contribution in [0, 0.1) is 5.41 Å². The number of carbonyl (C=O) groups is 3. The van der Waals surface area contributed by atoms with Gasteiger partial charge < -0.3 is 24.5 Å². The fourth-order valence-electron chi connectivity index (χ4n) is 5.23. The Morgan fingerprint density at radius 3 is 2.55 bits per heavy atom. The van der Waals surface area contributed by atoms with Gasteiger partial charge in [0.05, 0.1) is 31.5 Å². The number of carbonyl (C=O) groups excluding carboxylic acids is 2.